The monoisotopic (exact) mass is 478 g/mol. The Kier molecular flexibility index (Phi) is 7.18. The van der Waals surface area contributed by atoms with Crippen molar-refractivity contribution >= 4 is 32.6 Å². The van der Waals surface area contributed by atoms with Crippen LogP contribution in [0, 0.1) is 0 Å². The maximum atomic E-state index is 13.9. The summed E-state index contributed by atoms with van der Waals surface area (Å²) < 4.78 is 23.0. The van der Waals surface area contributed by atoms with Crippen LogP contribution in [0.15, 0.2) is 60.7 Å². The smallest absolute Gasteiger partial charge is 0.260 e. The number of ether oxygens (including phenoxy) is 4. The number of carbonyl (C=O) groups is 1. The fraction of sp³-hybridized carbons (Fsp3) is 0.231. The van der Waals surface area contributed by atoms with Gasteiger partial charge in [0.2, 0.25) is 5.75 Å². The maximum Gasteiger partial charge on any atom is 0.260 e. The average molecular weight is 479 g/mol. The normalized spacial score (nSPS) is 10.7. The summed E-state index contributed by atoms with van der Waals surface area (Å²) in [5.74, 6) is 1.71. The third-order valence-electron chi connectivity index (χ3n) is 5.24. The molecule has 34 heavy (non-hydrogen) atoms. The van der Waals surface area contributed by atoms with Crippen molar-refractivity contribution in [2.45, 2.75) is 13.5 Å². The SMILES string of the molecule is CCOc1cccc2sc(N(Cc3ccccc3)C(=O)c3cc(OC)c(OC)c(OC)c3)nc12. The number of amides is 1. The number of nitrogens with zero attached hydrogens (tertiary/aromatic N) is 2. The van der Waals surface area contributed by atoms with Crippen LogP contribution in [-0.4, -0.2) is 38.8 Å². The number of rotatable bonds is 9. The Morgan fingerprint density at radius 3 is 2.24 bits per heavy atom. The number of carbonyl (C=O) groups excluding carboxylic acids is 1. The number of hydrogen-bond donors (Lipinski definition) is 0. The number of aromatic nitrogens is 1. The molecule has 1 amide bonds. The van der Waals surface area contributed by atoms with Crippen LogP contribution >= 0.6 is 11.3 Å². The highest BCUT2D eigenvalue weighted by atomic mass is 32.1. The third kappa shape index (κ3) is 4.63. The average Bonchev–Trinajstić information content (AvgIpc) is 3.31. The van der Waals surface area contributed by atoms with Gasteiger partial charge in [0, 0.05) is 5.56 Å². The Labute approximate surface area is 202 Å². The molecule has 0 spiro atoms. The number of anilines is 1. The molecule has 1 aromatic heterocycles. The van der Waals surface area contributed by atoms with E-state index in [4.69, 9.17) is 23.9 Å². The highest BCUT2D eigenvalue weighted by Crippen LogP contribution is 2.40. The summed E-state index contributed by atoms with van der Waals surface area (Å²) in [4.78, 5) is 20.4. The first kappa shape index (κ1) is 23.4. The summed E-state index contributed by atoms with van der Waals surface area (Å²) in [6.45, 7) is 2.81. The van der Waals surface area contributed by atoms with Crippen molar-refractivity contribution in [3.05, 3.63) is 71.8 Å². The van der Waals surface area contributed by atoms with Crippen molar-refractivity contribution in [1.82, 2.24) is 4.98 Å². The van der Waals surface area contributed by atoms with E-state index in [0.717, 1.165) is 15.8 Å². The van der Waals surface area contributed by atoms with Crippen molar-refractivity contribution in [3.8, 4) is 23.0 Å². The quantitative estimate of drug-likeness (QED) is 0.313. The molecule has 0 fully saturated rings. The Morgan fingerprint density at radius 1 is 0.912 bits per heavy atom. The Hall–Kier alpha value is -3.78. The van der Waals surface area contributed by atoms with Crippen LogP contribution in [0.2, 0.25) is 0 Å². The highest BCUT2D eigenvalue weighted by Gasteiger charge is 2.25. The molecule has 8 heteroatoms. The van der Waals surface area contributed by atoms with Crippen LogP contribution in [0.3, 0.4) is 0 Å². The number of fused-ring (bicyclic) bond motifs is 1. The van der Waals surface area contributed by atoms with Gasteiger partial charge in [-0.25, -0.2) is 4.98 Å². The summed E-state index contributed by atoms with van der Waals surface area (Å²) in [5.41, 5.74) is 2.11. The van der Waals surface area contributed by atoms with Crippen LogP contribution in [0.4, 0.5) is 5.13 Å². The summed E-state index contributed by atoms with van der Waals surface area (Å²) in [7, 11) is 4.58. The first-order chi connectivity index (χ1) is 16.6. The van der Waals surface area contributed by atoms with E-state index in [9.17, 15) is 4.79 Å². The summed E-state index contributed by atoms with van der Waals surface area (Å²) in [6, 6.07) is 18.9. The summed E-state index contributed by atoms with van der Waals surface area (Å²) >= 11 is 1.44. The number of thiazole rings is 1. The molecular formula is C26H26N2O5S. The van der Waals surface area contributed by atoms with Gasteiger partial charge in [0.25, 0.3) is 5.91 Å². The zero-order valence-electron chi connectivity index (χ0n) is 19.5. The molecule has 4 aromatic rings. The Morgan fingerprint density at radius 2 is 1.62 bits per heavy atom. The van der Waals surface area contributed by atoms with E-state index in [1.54, 1.807) is 17.0 Å². The van der Waals surface area contributed by atoms with Crippen molar-refractivity contribution < 1.29 is 23.7 Å². The lowest BCUT2D eigenvalue weighted by Crippen LogP contribution is -2.30. The van der Waals surface area contributed by atoms with Gasteiger partial charge >= 0.3 is 0 Å². The van der Waals surface area contributed by atoms with E-state index in [1.165, 1.54) is 32.7 Å². The zero-order valence-corrected chi connectivity index (χ0v) is 20.3. The molecular weight excluding hydrogens is 452 g/mol. The van der Waals surface area contributed by atoms with Crippen molar-refractivity contribution in [2.75, 3.05) is 32.8 Å². The van der Waals surface area contributed by atoms with E-state index in [1.807, 2.05) is 55.5 Å². The predicted molar refractivity (Wildman–Crippen MR) is 134 cm³/mol. The number of hydrogen-bond acceptors (Lipinski definition) is 7. The van der Waals surface area contributed by atoms with E-state index >= 15 is 0 Å². The fourth-order valence-electron chi connectivity index (χ4n) is 3.65. The van der Waals surface area contributed by atoms with Crippen LogP contribution < -0.4 is 23.8 Å². The second-order valence-corrected chi connectivity index (χ2v) is 8.33. The lowest BCUT2D eigenvalue weighted by atomic mass is 10.1. The highest BCUT2D eigenvalue weighted by molar-refractivity contribution is 7.22. The van der Waals surface area contributed by atoms with E-state index in [0.29, 0.717) is 46.8 Å². The van der Waals surface area contributed by atoms with E-state index in [2.05, 4.69) is 0 Å². The van der Waals surface area contributed by atoms with Crippen LogP contribution in [0.1, 0.15) is 22.8 Å². The molecule has 1 heterocycles. The summed E-state index contributed by atoms with van der Waals surface area (Å²) in [5, 5.41) is 0.574. The lowest BCUT2D eigenvalue weighted by molar-refractivity contribution is 0.0984. The van der Waals surface area contributed by atoms with Crippen LogP contribution in [0.5, 0.6) is 23.0 Å². The van der Waals surface area contributed by atoms with Gasteiger partial charge in [-0.2, -0.15) is 0 Å². The second-order valence-electron chi connectivity index (χ2n) is 7.32. The van der Waals surface area contributed by atoms with Crippen LogP contribution in [0.25, 0.3) is 10.2 Å². The first-order valence-corrected chi connectivity index (χ1v) is 11.6. The van der Waals surface area contributed by atoms with Gasteiger partial charge in [-0.05, 0) is 36.8 Å². The molecule has 176 valence electrons. The molecule has 0 saturated heterocycles. The molecule has 0 saturated carbocycles. The summed E-state index contributed by atoms with van der Waals surface area (Å²) in [6.07, 6.45) is 0. The molecule has 7 nitrogen and oxygen atoms in total. The van der Waals surface area contributed by atoms with Gasteiger partial charge in [0.05, 0.1) is 39.2 Å². The van der Waals surface area contributed by atoms with Crippen molar-refractivity contribution in [2.24, 2.45) is 0 Å². The molecule has 0 unspecified atom stereocenters. The zero-order chi connectivity index (χ0) is 24.1. The minimum atomic E-state index is -0.236. The van der Waals surface area contributed by atoms with Gasteiger partial charge in [0.1, 0.15) is 11.3 Å². The molecule has 3 aromatic carbocycles. The van der Waals surface area contributed by atoms with E-state index < -0.39 is 0 Å². The topological polar surface area (TPSA) is 70.1 Å². The van der Waals surface area contributed by atoms with Gasteiger partial charge in [-0.3, -0.25) is 9.69 Å². The molecule has 0 aliphatic heterocycles. The third-order valence-corrected chi connectivity index (χ3v) is 6.29. The van der Waals surface area contributed by atoms with Crippen molar-refractivity contribution in [1.29, 1.82) is 0 Å². The Balaban J connectivity index is 1.82. The second kappa shape index (κ2) is 10.4. The van der Waals surface area contributed by atoms with Crippen molar-refractivity contribution in [3.63, 3.8) is 0 Å². The Bertz CT molecular complexity index is 1260. The number of benzene rings is 3. The van der Waals surface area contributed by atoms with Gasteiger partial charge in [-0.1, -0.05) is 47.7 Å². The lowest BCUT2D eigenvalue weighted by Gasteiger charge is -2.21. The minimum Gasteiger partial charge on any atom is -0.493 e. The fourth-order valence-corrected chi connectivity index (χ4v) is 4.63. The minimum absolute atomic E-state index is 0.236. The predicted octanol–water partition coefficient (Wildman–Crippen LogP) is 5.57. The van der Waals surface area contributed by atoms with Gasteiger partial charge < -0.3 is 18.9 Å². The first-order valence-electron chi connectivity index (χ1n) is 10.8. The molecule has 0 bridgehead atoms. The van der Waals surface area contributed by atoms with Crippen LogP contribution in [-0.2, 0) is 6.54 Å². The standard InChI is InChI=1S/C26H26N2O5S/c1-5-33-19-12-9-13-22-23(19)27-26(34-22)28(16-17-10-7-6-8-11-17)25(29)18-14-20(30-2)24(32-4)21(15-18)31-3/h6-15H,5,16H2,1-4H3. The van der Waals surface area contributed by atoms with Gasteiger partial charge in [-0.15, -0.1) is 0 Å². The van der Waals surface area contributed by atoms with E-state index in [-0.39, 0.29) is 5.91 Å². The molecule has 0 atom stereocenters. The molecule has 0 radical (unpaired) electrons. The van der Waals surface area contributed by atoms with Gasteiger partial charge in [0.15, 0.2) is 16.6 Å². The maximum absolute atomic E-state index is 13.9. The largest absolute Gasteiger partial charge is 0.493 e. The molecule has 0 N–H and O–H groups in total. The number of para-hydroxylation sites is 1. The molecule has 0 aliphatic carbocycles. The molecule has 0 aliphatic rings. The molecule has 4 rings (SSSR count). The number of methoxy groups -OCH3 is 3.